The predicted molar refractivity (Wildman–Crippen MR) is 135 cm³/mol. The van der Waals surface area contributed by atoms with Gasteiger partial charge in [0.05, 0.1) is 21.4 Å². The molecule has 6 rings (SSSR count). The number of nitrogens with one attached hydrogen (secondary N) is 1. The van der Waals surface area contributed by atoms with Gasteiger partial charge in [0, 0.05) is 18.1 Å². The topological polar surface area (TPSA) is 80.5 Å². The third kappa shape index (κ3) is 3.72. The summed E-state index contributed by atoms with van der Waals surface area (Å²) in [6.07, 6.45) is 7.21. The normalized spacial score (nSPS) is 26.5. The molecule has 3 aliphatic heterocycles. The molecule has 1 amide bonds. The lowest BCUT2D eigenvalue weighted by atomic mass is 9.88. The van der Waals surface area contributed by atoms with Crippen LogP contribution in [0.4, 0.5) is 5.69 Å². The maximum Gasteiger partial charge on any atom is 0.263 e. The Kier molecular flexibility index (Phi) is 5.35. The molecule has 0 bridgehead atoms. The highest BCUT2D eigenvalue weighted by molar-refractivity contribution is 7.29. The van der Waals surface area contributed by atoms with Crippen molar-refractivity contribution in [1.82, 2.24) is 15.2 Å². The molecule has 174 valence electrons. The van der Waals surface area contributed by atoms with Crippen molar-refractivity contribution in [3.05, 3.63) is 39.2 Å². The zero-order valence-corrected chi connectivity index (χ0v) is 20.7. The van der Waals surface area contributed by atoms with Gasteiger partial charge in [-0.2, -0.15) is 0 Å². The molecular weight excluding hydrogens is 452 g/mol. The first-order valence-corrected chi connectivity index (χ1v) is 13.6. The number of amides is 1. The van der Waals surface area contributed by atoms with Crippen molar-refractivity contribution in [1.29, 1.82) is 0 Å². The van der Waals surface area contributed by atoms with Crippen LogP contribution in [0.2, 0.25) is 0 Å². The van der Waals surface area contributed by atoms with E-state index in [-0.39, 0.29) is 11.9 Å². The van der Waals surface area contributed by atoms with Gasteiger partial charge in [-0.1, -0.05) is 19.1 Å². The third-order valence-corrected chi connectivity index (χ3v) is 9.79. The number of fused-ring (bicyclic) bond motifs is 3. The number of benzene rings is 1. The molecule has 33 heavy (non-hydrogen) atoms. The van der Waals surface area contributed by atoms with Crippen molar-refractivity contribution in [3.8, 4) is 5.75 Å². The molecule has 0 saturated carbocycles. The second-order valence-corrected chi connectivity index (χ2v) is 11.9. The van der Waals surface area contributed by atoms with Gasteiger partial charge in [0.15, 0.2) is 0 Å². The summed E-state index contributed by atoms with van der Waals surface area (Å²) in [5.41, 5.74) is 9.30. The van der Waals surface area contributed by atoms with E-state index >= 15 is 0 Å². The minimum absolute atomic E-state index is 0.0626. The molecule has 2 aromatic heterocycles. The monoisotopic (exact) mass is 482 g/mol. The molecule has 5 heterocycles. The number of carbonyl (C=O) groups excluding carboxylic acids is 1. The Hall–Kier alpha value is -2.16. The Morgan fingerprint density at radius 1 is 1.30 bits per heavy atom. The Morgan fingerprint density at radius 2 is 2.18 bits per heavy atom. The van der Waals surface area contributed by atoms with Gasteiger partial charge in [-0.3, -0.25) is 9.69 Å². The Morgan fingerprint density at radius 3 is 3.00 bits per heavy atom. The number of nitrogen functional groups attached to an aromatic ring is 1. The Balaban J connectivity index is 1.10. The smallest absolute Gasteiger partial charge is 0.263 e. The highest BCUT2D eigenvalue weighted by atomic mass is 32.1. The Bertz CT molecular complexity index is 1220. The fourth-order valence-electron chi connectivity index (χ4n) is 5.95. The molecule has 1 aromatic carbocycles. The molecule has 3 N–H and O–H groups in total. The molecular formula is C25H30N4O2S2. The lowest BCUT2D eigenvalue weighted by Crippen LogP contribution is -2.56. The fraction of sp³-hybridized carbons (Fsp3) is 0.520. The van der Waals surface area contributed by atoms with Gasteiger partial charge in [-0.05, 0) is 62.6 Å². The van der Waals surface area contributed by atoms with Crippen molar-refractivity contribution in [2.24, 2.45) is 0 Å². The number of rotatable bonds is 5. The average molecular weight is 483 g/mol. The van der Waals surface area contributed by atoms with Crippen LogP contribution in [0, 0.1) is 6.92 Å². The number of anilines is 1. The van der Waals surface area contributed by atoms with Crippen LogP contribution in [-0.2, 0) is 12.8 Å². The minimum Gasteiger partial charge on any atom is -0.491 e. The molecule has 6 nitrogen and oxygen atoms in total. The molecule has 2 saturated heterocycles. The summed E-state index contributed by atoms with van der Waals surface area (Å²) in [6.45, 7) is 4.75. The third-order valence-electron chi connectivity index (χ3n) is 7.56. The van der Waals surface area contributed by atoms with Gasteiger partial charge < -0.3 is 15.8 Å². The standard InChI is InChI=1S/C25H30N4O2S2/c1-3-17-6-7-18-11-19(29(17)18)8-14-4-5-15-10-16(12-31-20(15)9-14)28-24(30)22-21(26)23-25(33-22)27-13(2)32-23/h4-5,9,16-19H,3,6-8,10-12,26H2,1-2H3,(H,28,30)/t16-,17?,18?,19?/m0/s1. The van der Waals surface area contributed by atoms with E-state index in [1.165, 1.54) is 53.9 Å². The molecule has 3 unspecified atom stereocenters. The zero-order valence-electron chi connectivity index (χ0n) is 19.1. The molecule has 3 aliphatic rings. The second-order valence-electron chi connectivity index (χ2n) is 9.67. The minimum atomic E-state index is -0.135. The number of hydrogen-bond donors (Lipinski definition) is 2. The maximum atomic E-state index is 12.9. The van der Waals surface area contributed by atoms with E-state index in [9.17, 15) is 4.79 Å². The van der Waals surface area contributed by atoms with Crippen molar-refractivity contribution in [2.45, 2.75) is 76.5 Å². The summed E-state index contributed by atoms with van der Waals surface area (Å²) >= 11 is 2.91. The van der Waals surface area contributed by atoms with Crippen molar-refractivity contribution < 1.29 is 9.53 Å². The highest BCUT2D eigenvalue weighted by Crippen LogP contribution is 2.42. The largest absolute Gasteiger partial charge is 0.491 e. The van der Waals surface area contributed by atoms with Gasteiger partial charge in [0.2, 0.25) is 0 Å². The molecule has 0 radical (unpaired) electrons. The summed E-state index contributed by atoms with van der Waals surface area (Å²) in [7, 11) is 0. The maximum absolute atomic E-state index is 12.9. The van der Waals surface area contributed by atoms with E-state index in [1.807, 2.05) is 6.92 Å². The van der Waals surface area contributed by atoms with Crippen LogP contribution in [0.15, 0.2) is 18.2 Å². The summed E-state index contributed by atoms with van der Waals surface area (Å²) in [5, 5.41) is 4.09. The van der Waals surface area contributed by atoms with Gasteiger partial charge in [-0.25, -0.2) is 4.98 Å². The summed E-state index contributed by atoms with van der Waals surface area (Å²) in [6, 6.07) is 8.87. The second kappa shape index (κ2) is 8.25. The Labute approximate surface area is 202 Å². The number of hydrogen-bond acceptors (Lipinski definition) is 7. The van der Waals surface area contributed by atoms with E-state index in [2.05, 4.69) is 40.3 Å². The van der Waals surface area contributed by atoms with Crippen molar-refractivity contribution in [2.75, 3.05) is 12.3 Å². The number of nitrogens with zero attached hydrogens (tertiary/aromatic N) is 2. The van der Waals surface area contributed by atoms with E-state index < -0.39 is 0 Å². The molecule has 0 aliphatic carbocycles. The highest BCUT2D eigenvalue weighted by Gasteiger charge is 2.45. The quantitative estimate of drug-likeness (QED) is 0.558. The SMILES string of the molecule is CCC1CCC2CC(Cc3ccc4c(c3)OC[C@@H](NC(=O)c3sc5nc(C)sc5c3N)C4)N12. The zero-order chi connectivity index (χ0) is 22.7. The van der Waals surface area contributed by atoms with Crippen LogP contribution in [0.5, 0.6) is 5.75 Å². The first-order chi connectivity index (χ1) is 16.0. The molecule has 2 fully saturated rings. The number of carbonyl (C=O) groups is 1. The number of nitrogens with two attached hydrogens (primary N) is 1. The van der Waals surface area contributed by atoms with E-state index in [1.54, 1.807) is 0 Å². The number of aromatic nitrogens is 1. The van der Waals surface area contributed by atoms with E-state index in [0.29, 0.717) is 23.2 Å². The summed E-state index contributed by atoms with van der Waals surface area (Å²) < 4.78 is 7.01. The van der Waals surface area contributed by atoms with Gasteiger partial charge >= 0.3 is 0 Å². The van der Waals surface area contributed by atoms with E-state index in [0.717, 1.165) is 50.8 Å². The number of thiophene rings is 1. The summed E-state index contributed by atoms with van der Waals surface area (Å²) in [4.78, 5) is 21.5. The number of thiazole rings is 1. The van der Waals surface area contributed by atoms with Crippen molar-refractivity contribution in [3.63, 3.8) is 0 Å². The lowest BCUT2D eigenvalue weighted by Gasteiger charge is -2.48. The summed E-state index contributed by atoms with van der Waals surface area (Å²) in [5.74, 6) is 0.836. The van der Waals surface area contributed by atoms with Gasteiger partial charge in [0.25, 0.3) is 5.91 Å². The van der Waals surface area contributed by atoms with Crippen LogP contribution in [-0.4, -0.2) is 46.6 Å². The number of aryl methyl sites for hydroxylation is 1. The molecule has 0 spiro atoms. The van der Waals surface area contributed by atoms with Crippen molar-refractivity contribution >= 4 is 43.8 Å². The molecule has 4 atom stereocenters. The molecule has 3 aromatic rings. The van der Waals surface area contributed by atoms with Crippen LogP contribution in [0.1, 0.15) is 58.4 Å². The first-order valence-electron chi connectivity index (χ1n) is 12.0. The van der Waals surface area contributed by atoms with Crippen LogP contribution in [0.3, 0.4) is 0 Å². The predicted octanol–water partition coefficient (Wildman–Crippen LogP) is 4.54. The van der Waals surface area contributed by atoms with Crippen LogP contribution < -0.4 is 15.8 Å². The average Bonchev–Trinajstić information content (AvgIpc) is 3.42. The lowest BCUT2D eigenvalue weighted by molar-refractivity contribution is 0.0175. The first kappa shape index (κ1) is 21.4. The van der Waals surface area contributed by atoms with Crippen LogP contribution >= 0.6 is 22.7 Å². The molecule has 8 heteroatoms. The van der Waals surface area contributed by atoms with Crippen LogP contribution in [0.25, 0.3) is 9.53 Å². The van der Waals surface area contributed by atoms with E-state index in [4.69, 9.17) is 10.5 Å². The number of ether oxygens (including phenoxy) is 1. The van der Waals surface area contributed by atoms with Gasteiger partial charge in [0.1, 0.15) is 22.1 Å². The van der Waals surface area contributed by atoms with Gasteiger partial charge in [-0.15, -0.1) is 22.7 Å². The fourth-order valence-corrected chi connectivity index (χ4v) is 8.04.